The summed E-state index contributed by atoms with van der Waals surface area (Å²) in [7, 11) is 0. The van der Waals surface area contributed by atoms with Crippen molar-refractivity contribution in [3.05, 3.63) is 103 Å². The smallest absolute Gasteiger partial charge is 0.153 e. The first-order valence-electron chi connectivity index (χ1n) is 8.97. The minimum absolute atomic E-state index is 0.822. The molecule has 1 aliphatic heterocycles. The third-order valence-corrected chi connectivity index (χ3v) is 4.64. The Kier molecular flexibility index (Phi) is 3.76. The Balaban J connectivity index is 1.69. The number of hydrogen-bond acceptors (Lipinski definition) is 3. The van der Waals surface area contributed by atoms with Crippen LogP contribution in [0.3, 0.4) is 0 Å². The number of para-hydroxylation sites is 5. The molecule has 0 unspecified atom stereocenters. The van der Waals surface area contributed by atoms with Crippen LogP contribution in [-0.2, 0) is 0 Å². The second kappa shape index (κ2) is 6.54. The highest BCUT2D eigenvalue weighted by atomic mass is 16.5. The fraction of sp³-hybridized carbons (Fsp3) is 0. The van der Waals surface area contributed by atoms with Crippen molar-refractivity contribution >= 4 is 28.4 Å². The van der Waals surface area contributed by atoms with E-state index in [1.165, 1.54) is 0 Å². The molecular formula is C24H18N2O. The molecule has 0 radical (unpaired) electrons. The van der Waals surface area contributed by atoms with Crippen molar-refractivity contribution < 1.29 is 4.74 Å². The van der Waals surface area contributed by atoms with Crippen molar-refractivity contribution in [2.45, 2.75) is 0 Å². The molecule has 0 aliphatic carbocycles. The van der Waals surface area contributed by atoms with Crippen LogP contribution >= 0.6 is 0 Å². The number of ether oxygens (including phenoxy) is 1. The molecule has 0 saturated heterocycles. The van der Waals surface area contributed by atoms with Gasteiger partial charge in [-0.25, -0.2) is 0 Å². The van der Waals surface area contributed by atoms with E-state index in [4.69, 9.17) is 4.74 Å². The summed E-state index contributed by atoms with van der Waals surface area (Å²) in [6.07, 6.45) is 0. The van der Waals surface area contributed by atoms with E-state index >= 15 is 0 Å². The Labute approximate surface area is 158 Å². The van der Waals surface area contributed by atoms with Crippen molar-refractivity contribution in [1.29, 1.82) is 0 Å². The lowest BCUT2D eigenvalue weighted by molar-refractivity contribution is 0.481. The number of hydrogen-bond donors (Lipinski definition) is 1. The molecule has 5 rings (SSSR count). The van der Waals surface area contributed by atoms with Gasteiger partial charge in [0.1, 0.15) is 5.69 Å². The Hall–Kier alpha value is -3.72. The molecule has 0 saturated carbocycles. The number of anilines is 5. The molecule has 0 spiro atoms. The highest BCUT2D eigenvalue weighted by Crippen LogP contribution is 2.49. The Morgan fingerprint density at radius 3 is 1.85 bits per heavy atom. The molecule has 0 fully saturated rings. The number of benzene rings is 4. The van der Waals surface area contributed by atoms with Crippen molar-refractivity contribution in [3.63, 3.8) is 0 Å². The van der Waals surface area contributed by atoms with Crippen molar-refractivity contribution in [3.8, 4) is 11.5 Å². The fourth-order valence-corrected chi connectivity index (χ4v) is 3.41. The zero-order valence-electron chi connectivity index (χ0n) is 14.7. The van der Waals surface area contributed by atoms with E-state index in [-0.39, 0.29) is 0 Å². The van der Waals surface area contributed by atoms with Crippen LogP contribution in [-0.4, -0.2) is 0 Å². The third kappa shape index (κ3) is 2.79. The molecule has 27 heavy (non-hydrogen) atoms. The second-order valence-electron chi connectivity index (χ2n) is 6.38. The molecule has 3 heteroatoms. The van der Waals surface area contributed by atoms with Crippen LogP contribution in [0.4, 0.5) is 28.4 Å². The summed E-state index contributed by atoms with van der Waals surface area (Å²) in [5.74, 6) is 1.66. The lowest BCUT2D eigenvalue weighted by atomic mass is 10.1. The number of nitrogens with one attached hydrogen (secondary N) is 1. The first kappa shape index (κ1) is 15.5. The van der Waals surface area contributed by atoms with Gasteiger partial charge in [-0.15, -0.1) is 0 Å². The molecule has 3 nitrogen and oxygen atoms in total. The van der Waals surface area contributed by atoms with Gasteiger partial charge >= 0.3 is 0 Å². The van der Waals surface area contributed by atoms with Gasteiger partial charge < -0.3 is 15.0 Å². The van der Waals surface area contributed by atoms with Crippen LogP contribution < -0.4 is 15.0 Å². The van der Waals surface area contributed by atoms with E-state index < -0.39 is 0 Å². The first-order valence-corrected chi connectivity index (χ1v) is 8.97. The Morgan fingerprint density at radius 1 is 0.556 bits per heavy atom. The quantitative estimate of drug-likeness (QED) is 0.379. The van der Waals surface area contributed by atoms with Gasteiger partial charge in [0, 0.05) is 11.4 Å². The average Bonchev–Trinajstić information content (AvgIpc) is 2.74. The summed E-state index contributed by atoms with van der Waals surface area (Å²) < 4.78 is 6.15. The molecule has 4 aromatic rings. The first-order chi connectivity index (χ1) is 13.4. The monoisotopic (exact) mass is 350 g/mol. The summed E-state index contributed by atoms with van der Waals surface area (Å²) >= 11 is 0. The molecule has 0 amide bonds. The normalized spacial score (nSPS) is 11.6. The summed E-state index contributed by atoms with van der Waals surface area (Å²) in [5.41, 5.74) is 5.16. The van der Waals surface area contributed by atoms with Gasteiger partial charge in [0.25, 0.3) is 0 Å². The van der Waals surface area contributed by atoms with Gasteiger partial charge in [-0.05, 0) is 48.5 Å². The molecule has 0 bridgehead atoms. The van der Waals surface area contributed by atoms with E-state index in [0.717, 1.165) is 39.9 Å². The van der Waals surface area contributed by atoms with Crippen LogP contribution in [0.15, 0.2) is 103 Å². The standard InChI is InChI=1S/C24H18N2O/c1-3-10-18(11-4-1)26(19-12-5-2-6-13-19)21-15-9-17-23-24(21)25-20-14-7-8-16-22(20)27-23/h1-17,25H. The highest BCUT2D eigenvalue weighted by molar-refractivity contribution is 5.91. The van der Waals surface area contributed by atoms with Gasteiger partial charge in [0.15, 0.2) is 11.5 Å². The fourth-order valence-electron chi connectivity index (χ4n) is 3.41. The summed E-state index contributed by atoms with van der Waals surface area (Å²) in [6.45, 7) is 0. The number of rotatable bonds is 3. The zero-order valence-corrected chi connectivity index (χ0v) is 14.7. The number of nitrogens with zero attached hydrogens (tertiary/aromatic N) is 1. The van der Waals surface area contributed by atoms with E-state index in [9.17, 15) is 0 Å². The summed E-state index contributed by atoms with van der Waals surface area (Å²) in [4.78, 5) is 2.24. The van der Waals surface area contributed by atoms with Crippen LogP contribution in [0.5, 0.6) is 11.5 Å². The third-order valence-electron chi connectivity index (χ3n) is 4.64. The maximum Gasteiger partial charge on any atom is 0.153 e. The maximum absolute atomic E-state index is 6.15. The van der Waals surface area contributed by atoms with Crippen LogP contribution in [0.2, 0.25) is 0 Å². The van der Waals surface area contributed by atoms with E-state index in [0.29, 0.717) is 0 Å². The van der Waals surface area contributed by atoms with E-state index in [1.807, 2.05) is 48.5 Å². The minimum atomic E-state index is 0.822. The predicted molar refractivity (Wildman–Crippen MR) is 111 cm³/mol. The Bertz CT molecular complexity index is 1040. The molecule has 1 heterocycles. The topological polar surface area (TPSA) is 24.5 Å². The molecule has 0 atom stereocenters. The minimum Gasteiger partial charge on any atom is -0.453 e. The van der Waals surface area contributed by atoms with Gasteiger partial charge in [0.2, 0.25) is 0 Å². The zero-order chi connectivity index (χ0) is 18.1. The van der Waals surface area contributed by atoms with Gasteiger partial charge in [-0.2, -0.15) is 0 Å². The van der Waals surface area contributed by atoms with Crippen molar-refractivity contribution in [1.82, 2.24) is 0 Å². The maximum atomic E-state index is 6.15. The Morgan fingerprint density at radius 2 is 1.15 bits per heavy atom. The predicted octanol–water partition coefficient (Wildman–Crippen LogP) is 7.01. The number of fused-ring (bicyclic) bond motifs is 2. The van der Waals surface area contributed by atoms with Crippen LogP contribution in [0, 0.1) is 0 Å². The van der Waals surface area contributed by atoms with Crippen LogP contribution in [0.25, 0.3) is 0 Å². The second-order valence-corrected chi connectivity index (χ2v) is 6.38. The summed E-state index contributed by atoms with van der Waals surface area (Å²) in [5, 5.41) is 3.56. The van der Waals surface area contributed by atoms with Crippen molar-refractivity contribution in [2.75, 3.05) is 10.2 Å². The molecule has 130 valence electrons. The van der Waals surface area contributed by atoms with Gasteiger partial charge in [-0.1, -0.05) is 54.6 Å². The van der Waals surface area contributed by atoms with E-state index in [2.05, 4.69) is 64.8 Å². The molecule has 1 N–H and O–H groups in total. The molecular weight excluding hydrogens is 332 g/mol. The van der Waals surface area contributed by atoms with E-state index in [1.54, 1.807) is 0 Å². The lowest BCUT2D eigenvalue weighted by Crippen LogP contribution is -2.13. The SMILES string of the molecule is c1ccc(N(c2ccccc2)c2cccc3c2Nc2ccccc2O3)cc1. The summed E-state index contributed by atoms with van der Waals surface area (Å²) in [6, 6.07) is 34.9. The molecule has 0 aromatic heterocycles. The molecule has 4 aromatic carbocycles. The van der Waals surface area contributed by atoms with Gasteiger partial charge in [-0.3, -0.25) is 0 Å². The van der Waals surface area contributed by atoms with Gasteiger partial charge in [0.05, 0.1) is 11.4 Å². The highest BCUT2D eigenvalue weighted by Gasteiger charge is 2.23. The van der Waals surface area contributed by atoms with Crippen LogP contribution in [0.1, 0.15) is 0 Å². The average molecular weight is 350 g/mol. The molecule has 1 aliphatic rings. The van der Waals surface area contributed by atoms with Crippen molar-refractivity contribution in [2.24, 2.45) is 0 Å². The largest absolute Gasteiger partial charge is 0.453 e. The lowest BCUT2D eigenvalue weighted by Gasteiger charge is -2.31.